The Balaban J connectivity index is 2.88. The zero-order valence-electron chi connectivity index (χ0n) is 6.84. The monoisotopic (exact) mass is 178 g/mol. The van der Waals surface area contributed by atoms with Crippen molar-refractivity contribution in [2.24, 2.45) is 0 Å². The Morgan fingerprint density at radius 1 is 1.62 bits per heavy atom. The molecule has 0 spiro atoms. The highest BCUT2D eigenvalue weighted by molar-refractivity contribution is 5.62. The molecule has 6 nitrogen and oxygen atoms in total. The number of rotatable bonds is 1. The van der Waals surface area contributed by atoms with E-state index in [1.807, 2.05) is 0 Å². The Morgan fingerprint density at radius 3 is 3.08 bits per heavy atom. The molecule has 2 aromatic rings. The number of aryl methyl sites for hydroxylation is 1. The highest BCUT2D eigenvalue weighted by Crippen LogP contribution is 2.21. The molecule has 66 valence electrons. The Hall–Kier alpha value is -1.98. The van der Waals surface area contributed by atoms with Crippen molar-refractivity contribution in [3.63, 3.8) is 0 Å². The van der Waals surface area contributed by atoms with Crippen LogP contribution in [-0.4, -0.2) is 19.5 Å². The molecule has 0 aliphatic carbocycles. The lowest BCUT2D eigenvalue weighted by molar-refractivity contribution is -0.384. The number of pyridine rings is 1. The molecular formula is C7H6N4O2. The second-order valence-corrected chi connectivity index (χ2v) is 2.63. The molecule has 2 aromatic heterocycles. The quantitative estimate of drug-likeness (QED) is 0.481. The number of hydrogen-bond donors (Lipinski definition) is 0. The zero-order chi connectivity index (χ0) is 9.42. The van der Waals surface area contributed by atoms with Gasteiger partial charge in [-0.1, -0.05) is 0 Å². The highest BCUT2D eigenvalue weighted by Gasteiger charge is 2.17. The van der Waals surface area contributed by atoms with Crippen LogP contribution in [0.15, 0.2) is 18.6 Å². The molecule has 2 heterocycles. The second-order valence-electron chi connectivity index (χ2n) is 2.63. The minimum Gasteiger partial charge on any atom is -0.258 e. The maximum absolute atomic E-state index is 10.7. The molecule has 0 aromatic carbocycles. The second kappa shape index (κ2) is 2.51. The van der Waals surface area contributed by atoms with Gasteiger partial charge in [0.2, 0.25) is 5.65 Å². The molecule has 0 aliphatic heterocycles. The first-order chi connectivity index (χ1) is 6.20. The molecule has 0 radical (unpaired) electrons. The van der Waals surface area contributed by atoms with Crippen LogP contribution in [0.3, 0.4) is 0 Å². The van der Waals surface area contributed by atoms with Crippen molar-refractivity contribution in [1.82, 2.24) is 14.6 Å². The molecule has 2 rings (SSSR count). The zero-order valence-corrected chi connectivity index (χ0v) is 6.84. The average molecular weight is 178 g/mol. The van der Waals surface area contributed by atoms with Crippen LogP contribution in [0.5, 0.6) is 0 Å². The van der Waals surface area contributed by atoms with Crippen molar-refractivity contribution >= 4 is 11.3 Å². The number of aromatic nitrogens is 3. The summed E-state index contributed by atoms with van der Waals surface area (Å²) in [5, 5.41) is 14.5. The van der Waals surface area contributed by atoms with E-state index in [1.54, 1.807) is 19.2 Å². The number of nitrogens with zero attached hydrogens (tertiary/aromatic N) is 4. The summed E-state index contributed by atoms with van der Waals surface area (Å²) in [5.74, 6) is 0. The summed E-state index contributed by atoms with van der Waals surface area (Å²) in [4.78, 5) is 14.0. The molecule has 13 heavy (non-hydrogen) atoms. The van der Waals surface area contributed by atoms with Crippen molar-refractivity contribution in [3.8, 4) is 0 Å². The minimum absolute atomic E-state index is 0.0139. The lowest BCUT2D eigenvalue weighted by Gasteiger charge is -1.96. The van der Waals surface area contributed by atoms with E-state index in [0.717, 1.165) is 0 Å². The maximum atomic E-state index is 10.7. The fourth-order valence-electron chi connectivity index (χ4n) is 1.19. The molecule has 0 saturated heterocycles. The van der Waals surface area contributed by atoms with Crippen LogP contribution >= 0.6 is 0 Å². The van der Waals surface area contributed by atoms with Gasteiger partial charge in [-0.15, -0.1) is 0 Å². The van der Waals surface area contributed by atoms with Crippen LogP contribution in [0.25, 0.3) is 5.65 Å². The summed E-state index contributed by atoms with van der Waals surface area (Å²) < 4.78 is 1.38. The van der Waals surface area contributed by atoms with Gasteiger partial charge in [-0.3, -0.25) is 10.1 Å². The first kappa shape index (κ1) is 7.66. The summed E-state index contributed by atoms with van der Waals surface area (Å²) in [6.07, 6.45) is 2.94. The summed E-state index contributed by atoms with van der Waals surface area (Å²) >= 11 is 0. The van der Waals surface area contributed by atoms with Crippen molar-refractivity contribution in [2.75, 3.05) is 0 Å². The standard InChI is InChI=1S/C7H6N4O2/c1-5-2-3-10-7(8-4-9-10)6(5)11(12)13/h2-4H,1H3. The summed E-state index contributed by atoms with van der Waals surface area (Å²) in [6, 6.07) is 1.64. The molecule has 0 aliphatic rings. The third-order valence-electron chi connectivity index (χ3n) is 1.81. The van der Waals surface area contributed by atoms with Gasteiger partial charge in [-0.05, 0) is 13.0 Å². The molecule has 0 fully saturated rings. The van der Waals surface area contributed by atoms with Gasteiger partial charge in [0, 0.05) is 11.8 Å². The van der Waals surface area contributed by atoms with Gasteiger partial charge in [0.25, 0.3) is 0 Å². The van der Waals surface area contributed by atoms with Crippen molar-refractivity contribution in [3.05, 3.63) is 34.3 Å². The van der Waals surface area contributed by atoms with Gasteiger partial charge >= 0.3 is 5.69 Å². The van der Waals surface area contributed by atoms with Crippen molar-refractivity contribution in [1.29, 1.82) is 0 Å². The normalized spacial score (nSPS) is 10.5. The smallest absolute Gasteiger partial charge is 0.258 e. The third-order valence-corrected chi connectivity index (χ3v) is 1.81. The van der Waals surface area contributed by atoms with E-state index in [1.165, 1.54) is 10.8 Å². The Morgan fingerprint density at radius 2 is 2.38 bits per heavy atom. The van der Waals surface area contributed by atoms with Gasteiger partial charge in [0.05, 0.1) is 4.92 Å². The molecule has 0 amide bonds. The number of hydrogen-bond acceptors (Lipinski definition) is 4. The Kier molecular flexibility index (Phi) is 1.48. The molecule has 6 heteroatoms. The van der Waals surface area contributed by atoms with E-state index in [4.69, 9.17) is 0 Å². The lowest BCUT2D eigenvalue weighted by atomic mass is 10.2. The molecule has 0 saturated carbocycles. The minimum atomic E-state index is -0.445. The van der Waals surface area contributed by atoms with Crippen LogP contribution in [0.4, 0.5) is 5.69 Å². The van der Waals surface area contributed by atoms with E-state index in [9.17, 15) is 10.1 Å². The summed E-state index contributed by atoms with van der Waals surface area (Å²) in [7, 11) is 0. The summed E-state index contributed by atoms with van der Waals surface area (Å²) in [5.41, 5.74) is 0.885. The lowest BCUT2D eigenvalue weighted by Crippen LogP contribution is -1.97. The van der Waals surface area contributed by atoms with E-state index in [2.05, 4.69) is 10.1 Å². The third kappa shape index (κ3) is 1.03. The predicted octanol–water partition coefficient (Wildman–Crippen LogP) is 0.946. The van der Waals surface area contributed by atoms with Crippen LogP contribution in [0, 0.1) is 17.0 Å². The fraction of sp³-hybridized carbons (Fsp3) is 0.143. The Bertz CT molecular complexity index is 476. The average Bonchev–Trinajstić information content (AvgIpc) is 2.50. The maximum Gasteiger partial charge on any atom is 0.316 e. The largest absolute Gasteiger partial charge is 0.316 e. The molecule has 0 atom stereocenters. The van der Waals surface area contributed by atoms with E-state index >= 15 is 0 Å². The van der Waals surface area contributed by atoms with Crippen molar-refractivity contribution in [2.45, 2.75) is 6.92 Å². The molecule has 0 unspecified atom stereocenters. The van der Waals surface area contributed by atoms with Crippen LogP contribution in [0.1, 0.15) is 5.56 Å². The highest BCUT2D eigenvalue weighted by atomic mass is 16.6. The molecule has 0 bridgehead atoms. The van der Waals surface area contributed by atoms with Crippen LogP contribution in [-0.2, 0) is 0 Å². The van der Waals surface area contributed by atoms with Crippen LogP contribution in [0.2, 0.25) is 0 Å². The summed E-state index contributed by atoms with van der Waals surface area (Å²) in [6.45, 7) is 1.67. The topological polar surface area (TPSA) is 73.3 Å². The van der Waals surface area contributed by atoms with Crippen molar-refractivity contribution < 1.29 is 4.92 Å². The fourth-order valence-corrected chi connectivity index (χ4v) is 1.19. The van der Waals surface area contributed by atoms with E-state index in [-0.39, 0.29) is 11.3 Å². The van der Waals surface area contributed by atoms with Gasteiger partial charge in [-0.25, -0.2) is 9.50 Å². The first-order valence-electron chi connectivity index (χ1n) is 3.63. The van der Waals surface area contributed by atoms with Gasteiger partial charge in [0.1, 0.15) is 6.33 Å². The predicted molar refractivity (Wildman–Crippen MR) is 44.4 cm³/mol. The SMILES string of the molecule is Cc1ccn2ncnc2c1[N+](=O)[O-]. The van der Waals surface area contributed by atoms with Gasteiger partial charge < -0.3 is 0 Å². The number of fused-ring (bicyclic) bond motifs is 1. The van der Waals surface area contributed by atoms with E-state index < -0.39 is 4.92 Å². The van der Waals surface area contributed by atoms with Gasteiger partial charge in [-0.2, -0.15) is 5.10 Å². The molecule has 0 N–H and O–H groups in total. The van der Waals surface area contributed by atoms with Gasteiger partial charge in [0.15, 0.2) is 0 Å². The first-order valence-corrected chi connectivity index (χ1v) is 3.63. The van der Waals surface area contributed by atoms with Crippen LogP contribution < -0.4 is 0 Å². The molecular weight excluding hydrogens is 172 g/mol. The van der Waals surface area contributed by atoms with E-state index in [0.29, 0.717) is 5.56 Å². The Labute approximate surface area is 73.0 Å². The number of nitro groups is 1.